The van der Waals surface area contributed by atoms with Gasteiger partial charge in [-0.1, -0.05) is 11.2 Å². The van der Waals surface area contributed by atoms with Gasteiger partial charge in [-0.25, -0.2) is 0 Å². The van der Waals surface area contributed by atoms with E-state index < -0.39 is 0 Å². The van der Waals surface area contributed by atoms with E-state index in [4.69, 9.17) is 4.52 Å². The van der Waals surface area contributed by atoms with Crippen molar-refractivity contribution >= 4 is 40.0 Å². The second-order valence-electron chi connectivity index (χ2n) is 4.64. The highest BCUT2D eigenvalue weighted by atomic mass is 127. The minimum Gasteiger partial charge on any atom is -0.374 e. The Hall–Kier alpha value is -1.57. The number of nitrogens with one attached hydrogen (secondary N) is 2. The second kappa shape index (κ2) is 6.25. The molecule has 1 aromatic carbocycles. The second-order valence-corrected chi connectivity index (χ2v) is 5.80. The third-order valence-corrected chi connectivity index (χ3v) is 3.99. The van der Waals surface area contributed by atoms with Crippen molar-refractivity contribution in [2.24, 2.45) is 0 Å². The van der Waals surface area contributed by atoms with Gasteiger partial charge in [0.25, 0.3) is 0 Å². The van der Waals surface area contributed by atoms with E-state index in [0.29, 0.717) is 11.6 Å². The van der Waals surface area contributed by atoms with E-state index in [1.807, 2.05) is 18.2 Å². The number of carbonyl (C=O) groups excluding carboxylic acids is 1. The highest BCUT2D eigenvalue weighted by Crippen LogP contribution is 2.18. The lowest BCUT2D eigenvalue weighted by Crippen LogP contribution is -2.32. The zero-order chi connectivity index (χ0) is 14.7. The van der Waals surface area contributed by atoms with Crippen LogP contribution in [0, 0.1) is 17.4 Å². The van der Waals surface area contributed by atoms with E-state index >= 15 is 0 Å². The zero-order valence-electron chi connectivity index (χ0n) is 11.5. The molecule has 1 atom stereocenters. The largest absolute Gasteiger partial charge is 0.374 e. The monoisotopic (exact) mass is 385 g/mol. The molecule has 0 aliphatic heterocycles. The molecule has 6 heteroatoms. The van der Waals surface area contributed by atoms with Gasteiger partial charge in [-0.3, -0.25) is 4.79 Å². The molecule has 0 saturated carbocycles. The van der Waals surface area contributed by atoms with Crippen molar-refractivity contribution in [2.75, 3.05) is 10.6 Å². The lowest BCUT2D eigenvalue weighted by Gasteiger charge is -2.14. The molecule has 0 spiro atoms. The van der Waals surface area contributed by atoms with Crippen molar-refractivity contribution in [2.45, 2.75) is 26.8 Å². The van der Waals surface area contributed by atoms with Gasteiger partial charge in [0.2, 0.25) is 5.91 Å². The summed E-state index contributed by atoms with van der Waals surface area (Å²) in [5.41, 5.74) is 2.13. The Morgan fingerprint density at radius 2 is 2.10 bits per heavy atom. The Morgan fingerprint density at radius 1 is 1.35 bits per heavy atom. The summed E-state index contributed by atoms with van der Waals surface area (Å²) in [7, 11) is 0. The van der Waals surface area contributed by atoms with Crippen LogP contribution in [0.4, 0.5) is 11.5 Å². The normalized spacial score (nSPS) is 12.0. The van der Waals surface area contributed by atoms with Crippen LogP contribution in [-0.2, 0) is 4.79 Å². The molecule has 2 rings (SSSR count). The SMILES string of the molecule is Cc1cc(NC(=O)[C@@H](C)Nc2ccc(C)c(I)c2)no1. The van der Waals surface area contributed by atoms with Crippen LogP contribution >= 0.6 is 22.6 Å². The molecule has 106 valence electrons. The number of hydrogen-bond donors (Lipinski definition) is 2. The van der Waals surface area contributed by atoms with E-state index in [9.17, 15) is 4.79 Å². The number of nitrogens with zero attached hydrogens (tertiary/aromatic N) is 1. The maximum atomic E-state index is 12.0. The quantitative estimate of drug-likeness (QED) is 0.793. The number of halogens is 1. The first kappa shape index (κ1) is 14.8. The van der Waals surface area contributed by atoms with Gasteiger partial charge in [-0.2, -0.15) is 0 Å². The average molecular weight is 385 g/mol. The van der Waals surface area contributed by atoms with E-state index in [0.717, 1.165) is 9.26 Å². The Kier molecular flexibility index (Phi) is 4.64. The summed E-state index contributed by atoms with van der Waals surface area (Å²) in [6.45, 7) is 5.63. The number of hydrogen-bond acceptors (Lipinski definition) is 4. The molecule has 0 aliphatic rings. The van der Waals surface area contributed by atoms with Crippen LogP contribution in [0.3, 0.4) is 0 Å². The minimum absolute atomic E-state index is 0.158. The van der Waals surface area contributed by atoms with Gasteiger partial charge in [0.15, 0.2) is 5.82 Å². The van der Waals surface area contributed by atoms with Gasteiger partial charge in [-0.15, -0.1) is 0 Å². The van der Waals surface area contributed by atoms with Crippen LogP contribution in [0.25, 0.3) is 0 Å². The maximum absolute atomic E-state index is 12.0. The summed E-state index contributed by atoms with van der Waals surface area (Å²) in [6.07, 6.45) is 0. The van der Waals surface area contributed by atoms with E-state index in [1.165, 1.54) is 5.56 Å². The van der Waals surface area contributed by atoms with Gasteiger partial charge in [0.1, 0.15) is 11.8 Å². The number of aromatic nitrogens is 1. The number of aryl methyl sites for hydroxylation is 2. The number of benzene rings is 1. The molecule has 1 aromatic heterocycles. The Balaban J connectivity index is 1.98. The van der Waals surface area contributed by atoms with Crippen molar-refractivity contribution in [3.63, 3.8) is 0 Å². The fraction of sp³-hybridized carbons (Fsp3) is 0.286. The molecular weight excluding hydrogens is 369 g/mol. The molecule has 0 radical (unpaired) electrons. The lowest BCUT2D eigenvalue weighted by molar-refractivity contribution is -0.116. The molecule has 0 bridgehead atoms. The first-order valence-electron chi connectivity index (χ1n) is 6.22. The Labute approximate surface area is 131 Å². The van der Waals surface area contributed by atoms with Crippen molar-refractivity contribution in [3.8, 4) is 0 Å². The molecule has 2 N–H and O–H groups in total. The van der Waals surface area contributed by atoms with Gasteiger partial charge in [0.05, 0.1) is 0 Å². The number of carbonyl (C=O) groups is 1. The van der Waals surface area contributed by atoms with E-state index in [-0.39, 0.29) is 11.9 Å². The molecule has 0 saturated heterocycles. The predicted octanol–water partition coefficient (Wildman–Crippen LogP) is 3.34. The van der Waals surface area contributed by atoms with Crippen molar-refractivity contribution in [3.05, 3.63) is 39.2 Å². The van der Waals surface area contributed by atoms with E-state index in [1.54, 1.807) is 19.9 Å². The molecule has 0 aliphatic carbocycles. The molecule has 2 aromatic rings. The summed E-state index contributed by atoms with van der Waals surface area (Å²) in [4.78, 5) is 12.0. The Bertz CT molecular complexity index is 625. The summed E-state index contributed by atoms with van der Waals surface area (Å²) >= 11 is 2.27. The maximum Gasteiger partial charge on any atom is 0.247 e. The highest BCUT2D eigenvalue weighted by Gasteiger charge is 2.14. The topological polar surface area (TPSA) is 67.2 Å². The standard InChI is InChI=1S/C14H16IN3O2/c1-8-4-5-11(7-12(8)15)16-10(3)14(19)17-13-6-9(2)20-18-13/h4-7,10,16H,1-3H3,(H,17,18,19)/t10-/m1/s1. The zero-order valence-corrected chi connectivity index (χ0v) is 13.7. The first-order valence-corrected chi connectivity index (χ1v) is 7.30. The molecule has 5 nitrogen and oxygen atoms in total. The predicted molar refractivity (Wildman–Crippen MR) is 86.9 cm³/mol. The average Bonchev–Trinajstić information content (AvgIpc) is 2.79. The Morgan fingerprint density at radius 3 is 2.70 bits per heavy atom. The fourth-order valence-corrected chi connectivity index (χ4v) is 2.17. The molecule has 0 unspecified atom stereocenters. The van der Waals surface area contributed by atoms with Crippen molar-refractivity contribution in [1.82, 2.24) is 5.16 Å². The highest BCUT2D eigenvalue weighted by molar-refractivity contribution is 14.1. The van der Waals surface area contributed by atoms with Crippen molar-refractivity contribution in [1.29, 1.82) is 0 Å². The van der Waals surface area contributed by atoms with Crippen LogP contribution < -0.4 is 10.6 Å². The summed E-state index contributed by atoms with van der Waals surface area (Å²) < 4.78 is 6.07. The van der Waals surface area contributed by atoms with Crippen LogP contribution in [0.1, 0.15) is 18.2 Å². The number of amides is 1. The summed E-state index contributed by atoms with van der Waals surface area (Å²) in [5, 5.41) is 9.60. The number of anilines is 2. The summed E-state index contributed by atoms with van der Waals surface area (Å²) in [6, 6.07) is 7.31. The first-order chi connectivity index (χ1) is 9.45. The smallest absolute Gasteiger partial charge is 0.247 e. The van der Waals surface area contributed by atoms with Crippen LogP contribution in [-0.4, -0.2) is 17.1 Å². The molecule has 0 fully saturated rings. The molecule has 1 heterocycles. The van der Waals surface area contributed by atoms with E-state index in [2.05, 4.69) is 45.3 Å². The number of rotatable bonds is 4. The third kappa shape index (κ3) is 3.72. The van der Waals surface area contributed by atoms with Gasteiger partial charge < -0.3 is 15.2 Å². The minimum atomic E-state index is -0.370. The summed E-state index contributed by atoms with van der Waals surface area (Å²) in [5.74, 6) is 0.933. The lowest BCUT2D eigenvalue weighted by atomic mass is 10.2. The molecule has 1 amide bonds. The van der Waals surface area contributed by atoms with Gasteiger partial charge in [0, 0.05) is 15.3 Å². The van der Waals surface area contributed by atoms with Crippen LogP contribution in [0.5, 0.6) is 0 Å². The molecule has 20 heavy (non-hydrogen) atoms. The molecular formula is C14H16IN3O2. The van der Waals surface area contributed by atoms with Gasteiger partial charge in [-0.05, 0) is 61.1 Å². The van der Waals surface area contributed by atoms with Gasteiger partial charge >= 0.3 is 0 Å². The fourth-order valence-electron chi connectivity index (χ4n) is 1.66. The third-order valence-electron chi connectivity index (χ3n) is 2.83. The van der Waals surface area contributed by atoms with Crippen LogP contribution in [0.2, 0.25) is 0 Å². The van der Waals surface area contributed by atoms with Crippen molar-refractivity contribution < 1.29 is 9.32 Å². The van der Waals surface area contributed by atoms with Crippen LogP contribution in [0.15, 0.2) is 28.8 Å².